The zero-order valence-corrected chi connectivity index (χ0v) is 23.2. The van der Waals surface area contributed by atoms with Crippen LogP contribution in [0.25, 0.3) is 21.6 Å². The predicted molar refractivity (Wildman–Crippen MR) is 151 cm³/mol. The lowest BCUT2D eigenvalue weighted by molar-refractivity contribution is -0.116. The van der Waals surface area contributed by atoms with Gasteiger partial charge in [-0.15, -0.1) is 11.3 Å². The number of aromatic nitrogens is 2. The molecule has 4 heterocycles. The van der Waals surface area contributed by atoms with Crippen LogP contribution in [0.3, 0.4) is 0 Å². The van der Waals surface area contributed by atoms with E-state index in [1.165, 1.54) is 4.31 Å². The number of piperazine rings is 1. The van der Waals surface area contributed by atoms with E-state index in [0.29, 0.717) is 51.8 Å². The number of morpholine rings is 1. The first-order valence-electron chi connectivity index (χ1n) is 12.9. The first-order chi connectivity index (χ1) is 18.8. The molecule has 1 aromatic carbocycles. The lowest BCUT2D eigenvalue weighted by atomic mass is 10.2. The number of fused-ring (bicyclic) bond motifs is 1. The van der Waals surface area contributed by atoms with Crippen molar-refractivity contribution in [3.63, 3.8) is 0 Å². The zero-order valence-electron chi connectivity index (χ0n) is 21.6. The number of hydrogen-bond donors (Lipinski definition) is 2. The zero-order chi connectivity index (χ0) is 27.4. The Labute approximate surface area is 231 Å². The predicted octanol–water partition coefficient (Wildman–Crippen LogP) is 1.65. The number of nitrogens with one attached hydrogen (secondary N) is 1. The molecule has 2 aromatic heterocycles. The Balaban J connectivity index is 1.30. The third-order valence-electron chi connectivity index (χ3n) is 6.77. The number of ether oxygens (including phenoxy) is 1. The second-order valence-corrected chi connectivity index (χ2v) is 12.7. The number of sulfonamides is 1. The molecule has 2 saturated heterocycles. The third-order valence-corrected chi connectivity index (χ3v) is 9.75. The van der Waals surface area contributed by atoms with Crippen molar-refractivity contribution in [2.45, 2.75) is 6.54 Å². The Morgan fingerprint density at radius 2 is 1.90 bits per heavy atom. The van der Waals surface area contributed by atoms with E-state index in [-0.39, 0.29) is 24.0 Å². The van der Waals surface area contributed by atoms with Gasteiger partial charge in [0, 0.05) is 62.8 Å². The minimum Gasteiger partial charge on any atom is -0.508 e. The van der Waals surface area contributed by atoms with Crippen molar-refractivity contribution in [1.82, 2.24) is 24.5 Å². The van der Waals surface area contributed by atoms with E-state index < -0.39 is 10.0 Å². The minimum absolute atomic E-state index is 0.0618. The lowest BCUT2D eigenvalue weighted by Gasteiger charge is -2.33. The number of benzene rings is 1. The number of phenolic OH excluding ortho intramolecular Hbond substituents is 1. The van der Waals surface area contributed by atoms with Crippen LogP contribution >= 0.6 is 11.3 Å². The van der Waals surface area contributed by atoms with Gasteiger partial charge in [0.2, 0.25) is 15.9 Å². The number of carbonyl (C=O) groups is 1. The molecule has 0 radical (unpaired) electrons. The van der Waals surface area contributed by atoms with Gasteiger partial charge in [-0.2, -0.15) is 4.31 Å². The van der Waals surface area contributed by atoms with Crippen LogP contribution in [0.2, 0.25) is 0 Å². The fraction of sp³-hybridized carbons (Fsp3) is 0.423. The number of rotatable bonds is 9. The Morgan fingerprint density at radius 1 is 1.13 bits per heavy atom. The smallest absolute Gasteiger partial charge is 0.243 e. The van der Waals surface area contributed by atoms with Gasteiger partial charge >= 0.3 is 0 Å². The monoisotopic (exact) mass is 572 g/mol. The Kier molecular flexibility index (Phi) is 8.43. The SMILES string of the molecule is C=CC(=O)NCCS(=O)(=O)N1CCN(Cc2cc3nc(-c4cccc(O)c4)nc(N4CCOCC4)c3s2)CC1. The van der Waals surface area contributed by atoms with Crippen molar-refractivity contribution in [3.8, 4) is 17.1 Å². The summed E-state index contributed by atoms with van der Waals surface area (Å²) in [6, 6.07) is 9.04. The van der Waals surface area contributed by atoms with Gasteiger partial charge in [0.15, 0.2) is 11.6 Å². The van der Waals surface area contributed by atoms with E-state index in [1.54, 1.807) is 29.5 Å². The average Bonchev–Trinajstić information content (AvgIpc) is 3.35. The molecule has 11 nitrogen and oxygen atoms in total. The van der Waals surface area contributed by atoms with Gasteiger partial charge in [0.25, 0.3) is 0 Å². The van der Waals surface area contributed by atoms with E-state index in [1.807, 2.05) is 6.07 Å². The largest absolute Gasteiger partial charge is 0.508 e. The topological polar surface area (TPSA) is 128 Å². The van der Waals surface area contributed by atoms with E-state index >= 15 is 0 Å². The first-order valence-corrected chi connectivity index (χ1v) is 15.3. The summed E-state index contributed by atoms with van der Waals surface area (Å²) >= 11 is 1.66. The van der Waals surface area contributed by atoms with E-state index in [9.17, 15) is 18.3 Å². The molecule has 0 saturated carbocycles. The second-order valence-electron chi connectivity index (χ2n) is 9.43. The van der Waals surface area contributed by atoms with Gasteiger partial charge in [0.1, 0.15) is 5.75 Å². The molecule has 1 amide bonds. The summed E-state index contributed by atoms with van der Waals surface area (Å²) in [5.41, 5.74) is 1.60. The highest BCUT2D eigenvalue weighted by Gasteiger charge is 2.27. The molecule has 3 aromatic rings. The molecule has 0 bridgehead atoms. The molecular weight excluding hydrogens is 540 g/mol. The quantitative estimate of drug-likeness (QED) is 0.368. The summed E-state index contributed by atoms with van der Waals surface area (Å²) in [5.74, 6) is 1.09. The van der Waals surface area contributed by atoms with E-state index in [2.05, 4.69) is 27.8 Å². The molecule has 0 spiro atoms. The van der Waals surface area contributed by atoms with Crippen molar-refractivity contribution < 1.29 is 23.1 Å². The number of hydrogen-bond acceptors (Lipinski definition) is 10. The standard InChI is InChI=1S/C26H32N6O5S2/c1-2-23(34)27-6-15-39(35,36)32-9-7-30(8-10-32)18-21-17-22-24(38-21)26(31-11-13-37-14-12-31)29-25(28-22)19-4-3-5-20(33)16-19/h2-5,16-17,33H,1,6-15,18H2,(H,27,34). The summed E-state index contributed by atoms with van der Waals surface area (Å²) in [5, 5.41) is 12.5. The molecule has 0 unspecified atom stereocenters. The minimum atomic E-state index is -3.45. The van der Waals surface area contributed by atoms with Crippen LogP contribution in [0.1, 0.15) is 4.88 Å². The van der Waals surface area contributed by atoms with Crippen LogP contribution in [0.4, 0.5) is 5.82 Å². The molecule has 2 N–H and O–H groups in total. The lowest BCUT2D eigenvalue weighted by Crippen LogP contribution is -2.49. The van der Waals surface area contributed by atoms with Crippen molar-refractivity contribution in [3.05, 3.63) is 47.9 Å². The summed E-state index contributed by atoms with van der Waals surface area (Å²) in [6.45, 7) is 8.92. The van der Waals surface area contributed by atoms with Gasteiger partial charge in [-0.05, 0) is 24.3 Å². The number of phenols is 1. The number of thiophene rings is 1. The molecule has 0 aliphatic carbocycles. The van der Waals surface area contributed by atoms with Crippen LogP contribution in [-0.4, -0.2) is 103 Å². The highest BCUT2D eigenvalue weighted by molar-refractivity contribution is 7.89. The maximum atomic E-state index is 12.7. The van der Waals surface area contributed by atoms with Crippen LogP contribution in [0.5, 0.6) is 5.75 Å². The van der Waals surface area contributed by atoms with Gasteiger partial charge in [0.05, 0.1) is 29.2 Å². The number of carbonyl (C=O) groups excluding carboxylic acids is 1. The van der Waals surface area contributed by atoms with Crippen LogP contribution in [0, 0.1) is 0 Å². The molecule has 0 atom stereocenters. The molecule has 208 valence electrons. The number of nitrogens with zero attached hydrogens (tertiary/aromatic N) is 5. The molecule has 13 heteroatoms. The Bertz CT molecular complexity index is 1450. The van der Waals surface area contributed by atoms with Gasteiger partial charge in [-0.3, -0.25) is 9.69 Å². The van der Waals surface area contributed by atoms with Gasteiger partial charge in [-0.25, -0.2) is 18.4 Å². The van der Waals surface area contributed by atoms with Crippen LogP contribution < -0.4 is 10.2 Å². The van der Waals surface area contributed by atoms with Crippen molar-refractivity contribution >= 4 is 43.3 Å². The van der Waals surface area contributed by atoms with Gasteiger partial charge in [-0.1, -0.05) is 18.7 Å². The van der Waals surface area contributed by atoms with Crippen molar-refractivity contribution in [2.75, 3.05) is 69.7 Å². The van der Waals surface area contributed by atoms with Crippen molar-refractivity contribution in [1.29, 1.82) is 0 Å². The van der Waals surface area contributed by atoms with Gasteiger partial charge < -0.3 is 20.1 Å². The summed E-state index contributed by atoms with van der Waals surface area (Å²) in [6.07, 6.45) is 1.13. The highest BCUT2D eigenvalue weighted by atomic mass is 32.2. The molecule has 2 aliphatic heterocycles. The number of aromatic hydroxyl groups is 1. The normalized spacial score (nSPS) is 17.4. The average molecular weight is 573 g/mol. The van der Waals surface area contributed by atoms with Crippen LogP contribution in [-0.2, 0) is 26.1 Å². The molecule has 2 fully saturated rings. The molecule has 5 rings (SSSR count). The molecule has 2 aliphatic rings. The maximum Gasteiger partial charge on any atom is 0.243 e. The van der Waals surface area contributed by atoms with Crippen molar-refractivity contribution in [2.24, 2.45) is 0 Å². The Hall–Kier alpha value is -3.10. The Morgan fingerprint density at radius 3 is 2.62 bits per heavy atom. The highest BCUT2D eigenvalue weighted by Crippen LogP contribution is 2.35. The maximum absolute atomic E-state index is 12.7. The fourth-order valence-electron chi connectivity index (χ4n) is 4.70. The first kappa shape index (κ1) is 27.5. The molecule has 39 heavy (non-hydrogen) atoms. The van der Waals surface area contributed by atoms with Crippen LogP contribution in [0.15, 0.2) is 43.0 Å². The summed E-state index contributed by atoms with van der Waals surface area (Å²) in [7, 11) is -3.45. The number of amides is 1. The van der Waals surface area contributed by atoms with E-state index in [0.717, 1.165) is 45.6 Å². The third kappa shape index (κ3) is 6.56. The summed E-state index contributed by atoms with van der Waals surface area (Å²) < 4.78 is 33.4. The fourth-order valence-corrected chi connectivity index (χ4v) is 7.19. The second kappa shape index (κ2) is 12.0. The van der Waals surface area contributed by atoms with E-state index in [4.69, 9.17) is 14.7 Å². The number of anilines is 1. The molecular formula is C26H32N6O5S2. The summed E-state index contributed by atoms with van der Waals surface area (Å²) in [4.78, 5) is 26.6.